The molecular formula is C9H12O2. The minimum Gasteiger partial charge on any atom is -0.460 e. The molecule has 0 aromatic heterocycles. The van der Waals surface area contributed by atoms with Gasteiger partial charge in [-0.2, -0.15) is 0 Å². The lowest BCUT2D eigenvalue weighted by molar-refractivity contribution is -0.177. The smallest absolute Gasteiger partial charge is 0.309 e. The molecule has 0 amide bonds. The summed E-state index contributed by atoms with van der Waals surface area (Å²) in [7, 11) is 0. The van der Waals surface area contributed by atoms with Gasteiger partial charge in [-0.15, -0.1) is 5.92 Å². The van der Waals surface area contributed by atoms with Gasteiger partial charge in [0.15, 0.2) is 0 Å². The Hall–Kier alpha value is -0.970. The predicted molar refractivity (Wildman–Crippen MR) is 41.7 cm³/mol. The molecule has 0 aromatic carbocycles. The Morgan fingerprint density at radius 3 is 2.55 bits per heavy atom. The Balaban J connectivity index is 2.57. The monoisotopic (exact) mass is 152 g/mol. The van der Waals surface area contributed by atoms with E-state index in [1.165, 1.54) is 0 Å². The van der Waals surface area contributed by atoms with Gasteiger partial charge in [-0.3, -0.25) is 4.79 Å². The molecule has 1 aliphatic rings. The zero-order valence-electron chi connectivity index (χ0n) is 7.10. The van der Waals surface area contributed by atoms with Gasteiger partial charge in [-0.25, -0.2) is 0 Å². The highest BCUT2D eigenvalue weighted by molar-refractivity contribution is 5.75. The molecule has 0 aliphatic carbocycles. The van der Waals surface area contributed by atoms with Crippen molar-refractivity contribution in [2.75, 3.05) is 0 Å². The van der Waals surface area contributed by atoms with E-state index in [-0.39, 0.29) is 17.5 Å². The minimum absolute atomic E-state index is 0.00227. The van der Waals surface area contributed by atoms with Crippen molar-refractivity contribution in [2.45, 2.75) is 33.3 Å². The van der Waals surface area contributed by atoms with Crippen LogP contribution in [-0.4, -0.2) is 12.1 Å². The first kappa shape index (κ1) is 8.13. The third kappa shape index (κ3) is 1.54. The van der Waals surface area contributed by atoms with Gasteiger partial charge in [-0.1, -0.05) is 5.92 Å². The maximum absolute atomic E-state index is 10.5. The van der Waals surface area contributed by atoms with Gasteiger partial charge >= 0.3 is 5.97 Å². The quantitative estimate of drug-likeness (QED) is 0.419. The summed E-state index contributed by atoms with van der Waals surface area (Å²) in [6.45, 7) is 5.77. The van der Waals surface area contributed by atoms with E-state index in [0.717, 1.165) is 0 Å². The van der Waals surface area contributed by atoms with E-state index in [9.17, 15) is 4.79 Å². The number of ether oxygens (including phenoxy) is 1. The van der Waals surface area contributed by atoms with Crippen molar-refractivity contribution in [3.8, 4) is 11.8 Å². The molecule has 1 fully saturated rings. The molecular weight excluding hydrogens is 140 g/mol. The Labute approximate surface area is 66.9 Å². The van der Waals surface area contributed by atoms with Gasteiger partial charge in [0, 0.05) is 0 Å². The van der Waals surface area contributed by atoms with Crippen LogP contribution >= 0.6 is 0 Å². The van der Waals surface area contributed by atoms with Crippen molar-refractivity contribution >= 4 is 5.97 Å². The fourth-order valence-electron chi connectivity index (χ4n) is 1.11. The van der Waals surface area contributed by atoms with E-state index in [0.29, 0.717) is 6.42 Å². The van der Waals surface area contributed by atoms with Crippen LogP contribution in [0.25, 0.3) is 0 Å². The highest BCUT2D eigenvalue weighted by Crippen LogP contribution is 2.31. The molecule has 0 saturated carbocycles. The van der Waals surface area contributed by atoms with E-state index < -0.39 is 0 Å². The van der Waals surface area contributed by atoms with Gasteiger partial charge in [-0.05, 0) is 20.8 Å². The summed E-state index contributed by atoms with van der Waals surface area (Å²) in [5.74, 6) is 5.74. The molecule has 1 aliphatic heterocycles. The Bertz CT molecular complexity index is 222. The van der Waals surface area contributed by atoms with Crippen LogP contribution in [0.1, 0.15) is 27.2 Å². The van der Waals surface area contributed by atoms with Crippen LogP contribution in [-0.2, 0) is 9.53 Å². The van der Waals surface area contributed by atoms with Crippen LogP contribution < -0.4 is 0 Å². The molecule has 0 spiro atoms. The van der Waals surface area contributed by atoms with Crippen molar-refractivity contribution < 1.29 is 9.53 Å². The summed E-state index contributed by atoms with van der Waals surface area (Å²) in [5, 5.41) is 0. The molecule has 0 N–H and O–H groups in total. The first-order chi connectivity index (χ1) is 5.06. The van der Waals surface area contributed by atoms with E-state index in [2.05, 4.69) is 11.8 Å². The number of hydrogen-bond acceptors (Lipinski definition) is 2. The SMILES string of the molecule is CC#CC(C)(C)[C@@H]1CC(=O)O1. The third-order valence-corrected chi connectivity index (χ3v) is 1.88. The molecule has 0 radical (unpaired) electrons. The normalized spacial score (nSPS) is 22.8. The average Bonchev–Trinajstić information content (AvgIpc) is 1.81. The highest BCUT2D eigenvalue weighted by atomic mass is 16.6. The molecule has 2 nitrogen and oxygen atoms in total. The molecule has 2 heteroatoms. The largest absolute Gasteiger partial charge is 0.460 e. The summed E-state index contributed by atoms with van der Waals surface area (Å²) in [6.07, 6.45) is 0.518. The van der Waals surface area contributed by atoms with Crippen molar-refractivity contribution in [3.63, 3.8) is 0 Å². The van der Waals surface area contributed by atoms with Crippen LogP contribution in [0.15, 0.2) is 0 Å². The summed E-state index contributed by atoms with van der Waals surface area (Å²) >= 11 is 0. The number of carbonyl (C=O) groups is 1. The Kier molecular flexibility index (Phi) is 1.90. The summed E-state index contributed by atoms with van der Waals surface area (Å²) in [4.78, 5) is 10.5. The molecule has 1 rings (SSSR count). The number of carbonyl (C=O) groups excluding carboxylic acids is 1. The van der Waals surface area contributed by atoms with Gasteiger partial charge in [0.1, 0.15) is 6.10 Å². The second-order valence-electron chi connectivity index (χ2n) is 3.28. The first-order valence-electron chi connectivity index (χ1n) is 3.69. The summed E-state index contributed by atoms with van der Waals surface area (Å²) in [6, 6.07) is 0. The summed E-state index contributed by atoms with van der Waals surface area (Å²) < 4.78 is 4.92. The number of esters is 1. The van der Waals surface area contributed by atoms with Gasteiger partial charge < -0.3 is 4.74 Å². The van der Waals surface area contributed by atoms with Crippen molar-refractivity contribution in [1.29, 1.82) is 0 Å². The van der Waals surface area contributed by atoms with Crippen LogP contribution in [0.4, 0.5) is 0 Å². The second kappa shape index (κ2) is 2.58. The summed E-state index contributed by atoms with van der Waals surface area (Å²) in [5.41, 5.74) is -0.178. The molecule has 0 aromatic rings. The number of cyclic esters (lactones) is 1. The van der Waals surface area contributed by atoms with Crippen LogP contribution in [0.5, 0.6) is 0 Å². The average molecular weight is 152 g/mol. The minimum atomic E-state index is -0.178. The predicted octanol–water partition coefficient (Wildman–Crippen LogP) is 1.35. The van der Waals surface area contributed by atoms with E-state index in [4.69, 9.17) is 4.74 Å². The van der Waals surface area contributed by atoms with Crippen LogP contribution in [0.2, 0.25) is 0 Å². The molecule has 0 unspecified atom stereocenters. The van der Waals surface area contributed by atoms with Crippen LogP contribution in [0.3, 0.4) is 0 Å². The highest BCUT2D eigenvalue weighted by Gasteiger charge is 2.40. The molecule has 1 atom stereocenters. The molecule has 0 bridgehead atoms. The maximum atomic E-state index is 10.5. The van der Waals surface area contributed by atoms with Gasteiger partial charge in [0.25, 0.3) is 0 Å². The van der Waals surface area contributed by atoms with E-state index in [1.54, 1.807) is 6.92 Å². The fraction of sp³-hybridized carbons (Fsp3) is 0.667. The topological polar surface area (TPSA) is 26.3 Å². The maximum Gasteiger partial charge on any atom is 0.309 e. The fourth-order valence-corrected chi connectivity index (χ4v) is 1.11. The number of hydrogen-bond donors (Lipinski definition) is 0. The molecule has 1 heterocycles. The third-order valence-electron chi connectivity index (χ3n) is 1.88. The lowest BCUT2D eigenvalue weighted by Gasteiger charge is -2.35. The standard InChI is InChI=1S/C9H12O2/c1-4-5-9(2,3)7-6-8(10)11-7/h7H,6H2,1-3H3/t7-/m0/s1. The Morgan fingerprint density at radius 2 is 2.18 bits per heavy atom. The molecule has 60 valence electrons. The van der Waals surface area contributed by atoms with Crippen molar-refractivity contribution in [1.82, 2.24) is 0 Å². The van der Waals surface area contributed by atoms with Crippen LogP contribution in [0, 0.1) is 17.3 Å². The molecule has 1 saturated heterocycles. The van der Waals surface area contributed by atoms with E-state index in [1.807, 2.05) is 13.8 Å². The van der Waals surface area contributed by atoms with Crippen molar-refractivity contribution in [2.24, 2.45) is 5.41 Å². The zero-order chi connectivity index (χ0) is 8.48. The van der Waals surface area contributed by atoms with E-state index >= 15 is 0 Å². The second-order valence-corrected chi connectivity index (χ2v) is 3.28. The first-order valence-corrected chi connectivity index (χ1v) is 3.69. The number of rotatable bonds is 1. The molecule has 11 heavy (non-hydrogen) atoms. The Morgan fingerprint density at radius 1 is 1.64 bits per heavy atom. The lowest BCUT2D eigenvalue weighted by Crippen LogP contribution is -2.43. The zero-order valence-corrected chi connectivity index (χ0v) is 7.10. The van der Waals surface area contributed by atoms with Gasteiger partial charge in [0.05, 0.1) is 11.8 Å². The van der Waals surface area contributed by atoms with Gasteiger partial charge in [0.2, 0.25) is 0 Å². The lowest BCUT2D eigenvalue weighted by atomic mass is 9.83. The van der Waals surface area contributed by atoms with Crippen molar-refractivity contribution in [3.05, 3.63) is 0 Å².